The molecule has 0 aliphatic heterocycles. The Kier molecular flexibility index (Phi) is 4.88. The minimum atomic E-state index is -3.69. The van der Waals surface area contributed by atoms with Crippen molar-refractivity contribution in [2.45, 2.75) is 4.90 Å². The zero-order chi connectivity index (χ0) is 15.5. The molecule has 4 N–H and O–H groups in total. The third kappa shape index (κ3) is 4.74. The van der Waals surface area contributed by atoms with Gasteiger partial charge >= 0.3 is 0 Å². The molecule has 21 heavy (non-hydrogen) atoms. The van der Waals surface area contributed by atoms with Crippen molar-refractivity contribution >= 4 is 54.8 Å². The molecule has 0 atom stereocenters. The van der Waals surface area contributed by atoms with Gasteiger partial charge in [-0.3, -0.25) is 0 Å². The summed E-state index contributed by atoms with van der Waals surface area (Å²) in [5.74, 6) is 0.594. The van der Waals surface area contributed by atoms with Gasteiger partial charge in [-0.2, -0.15) is 0 Å². The summed E-state index contributed by atoms with van der Waals surface area (Å²) in [5.41, 5.74) is 0.636. The Balaban J connectivity index is 2.01. The second-order valence-corrected chi connectivity index (χ2v) is 6.90. The summed E-state index contributed by atoms with van der Waals surface area (Å²) < 4.78 is 23.2. The number of sulfonamides is 1. The highest BCUT2D eigenvalue weighted by Gasteiger charge is 2.07. The van der Waals surface area contributed by atoms with Crippen LogP contribution in [0.1, 0.15) is 0 Å². The summed E-state index contributed by atoms with van der Waals surface area (Å²) >= 11 is 8.43. The van der Waals surface area contributed by atoms with Gasteiger partial charge < -0.3 is 10.6 Å². The molecule has 0 saturated carbocycles. The first-order valence-corrected chi connectivity index (χ1v) is 8.42. The average Bonchev–Trinajstić information content (AvgIpc) is 2.41. The molecule has 0 radical (unpaired) electrons. The number of aromatic nitrogens is 1. The third-order valence-electron chi connectivity index (χ3n) is 2.41. The molecule has 0 spiro atoms. The van der Waals surface area contributed by atoms with Crippen molar-refractivity contribution in [3.8, 4) is 0 Å². The average molecular weight is 387 g/mol. The number of primary sulfonamides is 1. The van der Waals surface area contributed by atoms with Crippen molar-refractivity contribution in [1.29, 1.82) is 0 Å². The quantitative estimate of drug-likeness (QED) is 0.700. The van der Waals surface area contributed by atoms with Gasteiger partial charge in [0.25, 0.3) is 0 Å². The lowest BCUT2D eigenvalue weighted by Crippen LogP contribution is -2.19. The first-order valence-electron chi connectivity index (χ1n) is 5.67. The van der Waals surface area contributed by atoms with Crippen LogP contribution >= 0.6 is 28.1 Å². The maximum atomic E-state index is 11.1. The second-order valence-electron chi connectivity index (χ2n) is 4.01. The van der Waals surface area contributed by atoms with Crippen LogP contribution in [0.5, 0.6) is 0 Å². The monoisotopic (exact) mass is 386 g/mol. The van der Waals surface area contributed by atoms with Crippen LogP contribution in [0.3, 0.4) is 0 Å². The molecule has 2 rings (SSSR count). The van der Waals surface area contributed by atoms with E-state index in [1.54, 1.807) is 24.4 Å². The van der Waals surface area contributed by atoms with Crippen LogP contribution in [0.4, 0.5) is 11.5 Å². The molecule has 9 heteroatoms. The topological polar surface area (TPSA) is 97.1 Å². The molecular formula is C12H11BrN4O2S2. The standard InChI is InChI=1S/C12H11BrN4O2S2/c13-8-1-6-11(15-7-8)17-12(20)16-9-2-4-10(5-3-9)21(14,18)19/h1-7H,(H2,14,18,19)(H2,15,16,17,20). The Morgan fingerprint density at radius 2 is 1.81 bits per heavy atom. The number of pyridine rings is 1. The number of nitrogens with zero attached hydrogens (tertiary/aromatic N) is 1. The minimum absolute atomic E-state index is 0.0431. The highest BCUT2D eigenvalue weighted by molar-refractivity contribution is 9.10. The Labute approximate surface area is 135 Å². The van der Waals surface area contributed by atoms with Gasteiger partial charge in [0.2, 0.25) is 10.0 Å². The van der Waals surface area contributed by atoms with Crippen molar-refractivity contribution < 1.29 is 8.42 Å². The number of halogens is 1. The van der Waals surface area contributed by atoms with E-state index in [1.807, 2.05) is 6.07 Å². The summed E-state index contributed by atoms with van der Waals surface area (Å²) in [6, 6.07) is 9.54. The molecule has 1 aromatic heterocycles. The van der Waals surface area contributed by atoms with Gasteiger partial charge in [0.15, 0.2) is 5.11 Å². The highest BCUT2D eigenvalue weighted by atomic mass is 79.9. The van der Waals surface area contributed by atoms with Gasteiger partial charge in [-0.1, -0.05) is 0 Å². The number of thiocarbonyl (C=S) groups is 1. The predicted octanol–water partition coefficient (Wildman–Crippen LogP) is 2.30. The van der Waals surface area contributed by atoms with Crippen LogP contribution in [-0.2, 0) is 10.0 Å². The molecule has 0 amide bonds. The number of rotatable bonds is 3. The van der Waals surface area contributed by atoms with E-state index in [0.29, 0.717) is 16.6 Å². The Morgan fingerprint density at radius 3 is 2.33 bits per heavy atom. The van der Waals surface area contributed by atoms with Gasteiger partial charge in [0.1, 0.15) is 5.82 Å². The van der Waals surface area contributed by atoms with Crippen molar-refractivity contribution in [3.05, 3.63) is 47.1 Å². The molecule has 2 aromatic rings. The predicted molar refractivity (Wildman–Crippen MR) is 89.6 cm³/mol. The summed E-state index contributed by atoms with van der Waals surface area (Å²) in [4.78, 5) is 4.17. The second kappa shape index (κ2) is 6.48. The van der Waals surface area contributed by atoms with E-state index < -0.39 is 10.0 Å². The molecular weight excluding hydrogens is 376 g/mol. The summed E-state index contributed by atoms with van der Waals surface area (Å²) in [5, 5.41) is 11.2. The fourth-order valence-corrected chi connectivity index (χ4v) is 2.43. The van der Waals surface area contributed by atoms with Crippen molar-refractivity contribution in [2.24, 2.45) is 5.14 Å². The first-order chi connectivity index (χ1) is 9.84. The number of hydrogen-bond acceptors (Lipinski definition) is 4. The molecule has 0 aliphatic rings. The van der Waals surface area contributed by atoms with E-state index in [9.17, 15) is 8.42 Å². The molecule has 1 heterocycles. The number of anilines is 2. The van der Waals surface area contributed by atoms with Crippen LogP contribution in [0.25, 0.3) is 0 Å². The summed E-state index contributed by atoms with van der Waals surface area (Å²) in [7, 11) is -3.69. The van der Waals surface area contributed by atoms with Crippen LogP contribution in [-0.4, -0.2) is 18.5 Å². The van der Waals surface area contributed by atoms with Crippen molar-refractivity contribution in [2.75, 3.05) is 10.6 Å². The SMILES string of the molecule is NS(=O)(=O)c1ccc(NC(=S)Nc2ccc(Br)cn2)cc1. The number of nitrogens with two attached hydrogens (primary N) is 1. The van der Waals surface area contributed by atoms with E-state index in [4.69, 9.17) is 17.4 Å². The van der Waals surface area contributed by atoms with E-state index >= 15 is 0 Å². The minimum Gasteiger partial charge on any atom is -0.332 e. The smallest absolute Gasteiger partial charge is 0.238 e. The first kappa shape index (κ1) is 15.8. The third-order valence-corrected chi connectivity index (χ3v) is 4.01. The molecule has 0 saturated heterocycles. The largest absolute Gasteiger partial charge is 0.332 e. The summed E-state index contributed by atoms with van der Waals surface area (Å²) in [6.07, 6.45) is 1.64. The molecule has 1 aromatic carbocycles. The number of hydrogen-bond donors (Lipinski definition) is 3. The Bertz CT molecular complexity index is 746. The maximum Gasteiger partial charge on any atom is 0.238 e. The zero-order valence-electron chi connectivity index (χ0n) is 10.6. The van der Waals surface area contributed by atoms with Crippen molar-refractivity contribution in [1.82, 2.24) is 4.98 Å². The fourth-order valence-electron chi connectivity index (χ4n) is 1.46. The highest BCUT2D eigenvalue weighted by Crippen LogP contribution is 2.14. The lowest BCUT2D eigenvalue weighted by molar-refractivity contribution is 0.598. The summed E-state index contributed by atoms with van der Waals surface area (Å²) in [6.45, 7) is 0. The molecule has 0 aliphatic carbocycles. The lowest BCUT2D eigenvalue weighted by Gasteiger charge is -2.10. The van der Waals surface area contributed by atoms with Crippen LogP contribution in [0, 0.1) is 0 Å². The lowest BCUT2D eigenvalue weighted by atomic mass is 10.3. The molecule has 110 valence electrons. The van der Waals surface area contributed by atoms with Gasteiger partial charge in [0.05, 0.1) is 4.90 Å². The Morgan fingerprint density at radius 1 is 1.14 bits per heavy atom. The number of nitrogens with one attached hydrogen (secondary N) is 2. The van der Waals surface area contributed by atoms with E-state index in [1.165, 1.54) is 12.1 Å². The van der Waals surface area contributed by atoms with Gasteiger partial charge in [-0.25, -0.2) is 18.5 Å². The van der Waals surface area contributed by atoms with Gasteiger partial charge in [0, 0.05) is 16.4 Å². The van der Waals surface area contributed by atoms with Crippen LogP contribution in [0.2, 0.25) is 0 Å². The Hall–Kier alpha value is -1.55. The van der Waals surface area contributed by atoms with E-state index in [-0.39, 0.29) is 4.90 Å². The number of benzene rings is 1. The zero-order valence-corrected chi connectivity index (χ0v) is 13.8. The maximum absolute atomic E-state index is 11.1. The van der Waals surface area contributed by atoms with E-state index in [2.05, 4.69) is 31.5 Å². The molecule has 6 nitrogen and oxygen atoms in total. The fraction of sp³-hybridized carbons (Fsp3) is 0. The van der Waals surface area contributed by atoms with Crippen molar-refractivity contribution in [3.63, 3.8) is 0 Å². The molecule has 0 unspecified atom stereocenters. The van der Waals surface area contributed by atoms with E-state index in [0.717, 1.165) is 4.47 Å². The molecule has 0 bridgehead atoms. The van der Waals surface area contributed by atoms with Crippen LogP contribution in [0.15, 0.2) is 52.0 Å². The van der Waals surface area contributed by atoms with Gasteiger partial charge in [-0.05, 0) is 64.5 Å². The molecule has 0 fully saturated rings. The van der Waals surface area contributed by atoms with Crippen LogP contribution < -0.4 is 15.8 Å². The van der Waals surface area contributed by atoms with Gasteiger partial charge in [-0.15, -0.1) is 0 Å². The normalized spacial score (nSPS) is 11.0.